The van der Waals surface area contributed by atoms with Crippen molar-refractivity contribution in [1.29, 1.82) is 0 Å². The number of nitrogens with one attached hydrogen (secondary N) is 2. The maximum atomic E-state index is 8.81. The largest absolute Gasteiger partial charge is 0.461 e. The Morgan fingerprint density at radius 2 is 1.85 bits per heavy atom. The van der Waals surface area contributed by atoms with Crippen LogP contribution in [0.2, 0.25) is 0 Å². The van der Waals surface area contributed by atoms with E-state index in [0.717, 1.165) is 29.4 Å². The summed E-state index contributed by atoms with van der Waals surface area (Å²) < 4.78 is 5.48. The fourth-order valence-corrected chi connectivity index (χ4v) is 2.87. The number of nitrogens with zero attached hydrogens (tertiary/aromatic N) is 4. The minimum Gasteiger partial charge on any atom is -0.461 e. The number of aliphatic hydroxyl groups excluding tert-OH is 1. The van der Waals surface area contributed by atoms with Crippen LogP contribution in [-0.2, 0) is 0 Å². The van der Waals surface area contributed by atoms with Crippen molar-refractivity contribution in [1.82, 2.24) is 25.5 Å². The second-order valence-corrected chi connectivity index (χ2v) is 6.04. The van der Waals surface area contributed by atoms with Crippen molar-refractivity contribution < 1.29 is 9.52 Å². The monoisotopic (exact) mass is 364 g/mol. The molecule has 0 aliphatic heterocycles. The molecule has 0 radical (unpaired) electrons. The number of hydrogen-bond acceptors (Lipinski definition) is 8. The molecule has 4 rings (SSSR count). The van der Waals surface area contributed by atoms with Crippen LogP contribution in [0.4, 0.5) is 5.82 Å². The Labute approximate surface area is 155 Å². The van der Waals surface area contributed by atoms with E-state index in [1.165, 1.54) is 0 Å². The van der Waals surface area contributed by atoms with Crippen LogP contribution in [-0.4, -0.2) is 51.5 Å². The first-order chi connectivity index (χ1) is 13.4. The molecule has 0 bridgehead atoms. The van der Waals surface area contributed by atoms with E-state index in [2.05, 4.69) is 30.8 Å². The van der Waals surface area contributed by atoms with Gasteiger partial charge in [-0.2, -0.15) is 0 Å². The van der Waals surface area contributed by atoms with E-state index in [1.54, 1.807) is 6.26 Å². The van der Waals surface area contributed by atoms with Crippen molar-refractivity contribution in [3.8, 4) is 11.6 Å². The second kappa shape index (κ2) is 8.07. The highest BCUT2D eigenvalue weighted by Gasteiger charge is 2.15. The predicted octanol–water partition coefficient (Wildman–Crippen LogP) is 2.22. The maximum Gasteiger partial charge on any atom is 0.198 e. The normalized spacial score (nSPS) is 11.3. The van der Waals surface area contributed by atoms with Crippen molar-refractivity contribution in [3.63, 3.8) is 0 Å². The SMILES string of the molecule is OCCNCCCNc1nc(-c2ccco2)nc2c1nnc1ccccc12. The van der Waals surface area contributed by atoms with Crippen LogP contribution in [0, 0.1) is 0 Å². The fourth-order valence-electron chi connectivity index (χ4n) is 2.87. The molecule has 138 valence electrons. The molecule has 0 unspecified atom stereocenters. The molecular weight excluding hydrogens is 344 g/mol. The Kier molecular flexibility index (Phi) is 5.17. The van der Waals surface area contributed by atoms with E-state index in [0.29, 0.717) is 36.0 Å². The number of anilines is 1. The number of rotatable bonds is 8. The standard InChI is InChI=1S/C19H20N6O2/c26-11-10-20-8-4-9-21-19-17-16(13-5-1-2-6-14(13)24-25-17)22-18(23-19)15-7-3-12-27-15/h1-3,5-7,12,20,26H,4,8-11H2,(H,21,22,23). The van der Waals surface area contributed by atoms with Gasteiger partial charge in [0.25, 0.3) is 0 Å². The fraction of sp³-hybridized carbons (Fsp3) is 0.263. The molecule has 3 N–H and O–H groups in total. The molecule has 4 aromatic rings. The van der Waals surface area contributed by atoms with Gasteiger partial charge in [0.05, 0.1) is 18.4 Å². The molecule has 0 saturated carbocycles. The van der Waals surface area contributed by atoms with Gasteiger partial charge >= 0.3 is 0 Å². The number of fused-ring (bicyclic) bond motifs is 3. The van der Waals surface area contributed by atoms with Crippen molar-refractivity contribution in [2.24, 2.45) is 0 Å². The summed E-state index contributed by atoms with van der Waals surface area (Å²) >= 11 is 0. The summed E-state index contributed by atoms with van der Waals surface area (Å²) in [5.74, 6) is 1.74. The number of aromatic nitrogens is 4. The molecular formula is C19H20N6O2. The molecule has 27 heavy (non-hydrogen) atoms. The topological polar surface area (TPSA) is 109 Å². The first-order valence-corrected chi connectivity index (χ1v) is 8.89. The summed E-state index contributed by atoms with van der Waals surface area (Å²) in [7, 11) is 0. The lowest BCUT2D eigenvalue weighted by Crippen LogP contribution is -2.21. The molecule has 0 atom stereocenters. The zero-order chi connectivity index (χ0) is 18.5. The minimum atomic E-state index is 0.138. The van der Waals surface area contributed by atoms with Gasteiger partial charge in [-0.25, -0.2) is 9.97 Å². The zero-order valence-electron chi connectivity index (χ0n) is 14.7. The molecule has 0 aliphatic carbocycles. The highest BCUT2D eigenvalue weighted by atomic mass is 16.3. The van der Waals surface area contributed by atoms with Gasteiger partial charge in [0.1, 0.15) is 5.52 Å². The summed E-state index contributed by atoms with van der Waals surface area (Å²) in [6, 6.07) is 11.4. The third-order valence-electron chi connectivity index (χ3n) is 4.15. The van der Waals surface area contributed by atoms with Crippen LogP contribution in [0.25, 0.3) is 33.5 Å². The van der Waals surface area contributed by atoms with Crippen LogP contribution < -0.4 is 10.6 Å². The first kappa shape index (κ1) is 17.3. The van der Waals surface area contributed by atoms with Gasteiger partial charge in [-0.15, -0.1) is 10.2 Å². The van der Waals surface area contributed by atoms with Crippen LogP contribution >= 0.6 is 0 Å². The first-order valence-electron chi connectivity index (χ1n) is 8.89. The van der Waals surface area contributed by atoms with Crippen molar-refractivity contribution in [3.05, 3.63) is 42.7 Å². The van der Waals surface area contributed by atoms with Gasteiger partial charge in [0.15, 0.2) is 22.9 Å². The van der Waals surface area contributed by atoms with E-state index < -0.39 is 0 Å². The predicted molar refractivity (Wildman–Crippen MR) is 103 cm³/mol. The average molecular weight is 364 g/mol. The van der Waals surface area contributed by atoms with Crippen LogP contribution in [0.1, 0.15) is 6.42 Å². The van der Waals surface area contributed by atoms with Crippen molar-refractivity contribution in [2.75, 3.05) is 31.6 Å². The molecule has 0 spiro atoms. The molecule has 3 aromatic heterocycles. The summed E-state index contributed by atoms with van der Waals surface area (Å²) in [5.41, 5.74) is 2.16. The third-order valence-corrected chi connectivity index (χ3v) is 4.15. The van der Waals surface area contributed by atoms with E-state index in [9.17, 15) is 0 Å². The molecule has 0 aliphatic rings. The van der Waals surface area contributed by atoms with E-state index in [1.807, 2.05) is 36.4 Å². The van der Waals surface area contributed by atoms with Gasteiger partial charge in [0.2, 0.25) is 0 Å². The number of furan rings is 1. The van der Waals surface area contributed by atoms with Gasteiger partial charge in [-0.05, 0) is 31.2 Å². The van der Waals surface area contributed by atoms with E-state index >= 15 is 0 Å². The quantitative estimate of drug-likeness (QED) is 0.323. The second-order valence-electron chi connectivity index (χ2n) is 6.04. The number of aliphatic hydroxyl groups is 1. The molecule has 0 saturated heterocycles. The molecule has 8 nitrogen and oxygen atoms in total. The van der Waals surface area contributed by atoms with Crippen LogP contribution in [0.5, 0.6) is 0 Å². The minimum absolute atomic E-state index is 0.138. The number of benzene rings is 1. The molecule has 8 heteroatoms. The van der Waals surface area contributed by atoms with Crippen molar-refractivity contribution in [2.45, 2.75) is 6.42 Å². The van der Waals surface area contributed by atoms with Crippen LogP contribution in [0.15, 0.2) is 47.1 Å². The van der Waals surface area contributed by atoms with Gasteiger partial charge < -0.3 is 20.2 Å². The van der Waals surface area contributed by atoms with Gasteiger partial charge in [-0.1, -0.05) is 18.2 Å². The summed E-state index contributed by atoms with van der Waals surface area (Å²) in [4.78, 5) is 9.29. The summed E-state index contributed by atoms with van der Waals surface area (Å²) in [6.45, 7) is 2.24. The third kappa shape index (κ3) is 3.71. The highest BCUT2D eigenvalue weighted by molar-refractivity contribution is 6.04. The lowest BCUT2D eigenvalue weighted by molar-refractivity contribution is 0.292. The van der Waals surface area contributed by atoms with Gasteiger partial charge in [-0.3, -0.25) is 0 Å². The Balaban J connectivity index is 1.71. The van der Waals surface area contributed by atoms with Crippen molar-refractivity contribution >= 4 is 27.8 Å². The van der Waals surface area contributed by atoms with E-state index in [-0.39, 0.29) is 6.61 Å². The average Bonchev–Trinajstić information content (AvgIpc) is 3.25. The lowest BCUT2D eigenvalue weighted by atomic mass is 10.2. The lowest BCUT2D eigenvalue weighted by Gasteiger charge is -2.10. The number of hydrogen-bond donors (Lipinski definition) is 3. The van der Waals surface area contributed by atoms with E-state index in [4.69, 9.17) is 9.52 Å². The Morgan fingerprint density at radius 3 is 2.70 bits per heavy atom. The summed E-state index contributed by atoms with van der Waals surface area (Å²) in [6.07, 6.45) is 2.48. The van der Waals surface area contributed by atoms with Gasteiger partial charge in [0, 0.05) is 18.5 Å². The Morgan fingerprint density at radius 1 is 0.926 bits per heavy atom. The Bertz CT molecular complexity index is 1040. The highest BCUT2D eigenvalue weighted by Crippen LogP contribution is 2.27. The van der Waals surface area contributed by atoms with Crippen LogP contribution in [0.3, 0.4) is 0 Å². The smallest absolute Gasteiger partial charge is 0.198 e. The molecule has 0 fully saturated rings. The molecule has 1 aromatic carbocycles. The molecule has 0 amide bonds. The summed E-state index contributed by atoms with van der Waals surface area (Å²) in [5, 5.41) is 24.9. The Hall–Kier alpha value is -3.10. The maximum absolute atomic E-state index is 8.81. The molecule has 3 heterocycles. The zero-order valence-corrected chi connectivity index (χ0v) is 14.7.